The van der Waals surface area contributed by atoms with Gasteiger partial charge in [-0.2, -0.15) is 0 Å². The highest BCUT2D eigenvalue weighted by atomic mass is 19.1. The molecule has 3 aromatic rings. The SMILES string of the molecule is CC1CCOC1.Cc1c(-c2cc3cc(NC(=O)O)ncc3c(NC(=O)OC(C)(C)C)c2F)cnc2c1N(C(=O)OC(C)(C)C)CCO2. The van der Waals surface area contributed by atoms with Crippen molar-refractivity contribution in [3.05, 3.63) is 35.9 Å². The molecule has 0 aliphatic carbocycles. The standard InChI is InChI=1S/C28H32FN5O7.C5H10O/c1-14-17(12-31-23-22(14)34(8-9-39-23)26(38)41-28(5,6)7)16-10-15-11-19(32-24(35)36)30-13-18(15)21(20(16)29)33-25(37)40-27(2,3)4;1-5-2-3-6-4-5/h10-13H,8-9H2,1-7H3,(H,30,32)(H,33,37)(H,35,36);5H,2-4H2,1H3. The van der Waals surface area contributed by atoms with E-state index in [1.165, 1.54) is 35.8 Å². The Hall–Kier alpha value is -4.72. The lowest BCUT2D eigenvalue weighted by atomic mass is 9.96. The molecule has 0 saturated carbocycles. The summed E-state index contributed by atoms with van der Waals surface area (Å²) in [7, 11) is 0. The van der Waals surface area contributed by atoms with Gasteiger partial charge in [-0.15, -0.1) is 0 Å². The summed E-state index contributed by atoms with van der Waals surface area (Å²) in [6.45, 7) is 16.5. The molecule has 0 spiro atoms. The average Bonchev–Trinajstić information content (AvgIpc) is 3.43. The van der Waals surface area contributed by atoms with Crippen LogP contribution in [0.5, 0.6) is 5.88 Å². The van der Waals surface area contributed by atoms with Crippen LogP contribution in [-0.4, -0.2) is 70.9 Å². The van der Waals surface area contributed by atoms with Gasteiger partial charge in [-0.05, 0) is 83.9 Å². The maximum Gasteiger partial charge on any atom is 0.415 e. The van der Waals surface area contributed by atoms with Crippen molar-refractivity contribution >= 4 is 46.2 Å². The quantitative estimate of drug-likeness (QED) is 0.260. The minimum atomic E-state index is -1.33. The van der Waals surface area contributed by atoms with E-state index in [-0.39, 0.29) is 41.5 Å². The van der Waals surface area contributed by atoms with Gasteiger partial charge < -0.3 is 24.1 Å². The molecule has 1 aromatic carbocycles. The number of ether oxygens (including phenoxy) is 4. The van der Waals surface area contributed by atoms with Gasteiger partial charge in [-0.1, -0.05) is 6.92 Å². The highest BCUT2D eigenvalue weighted by Gasteiger charge is 2.32. The summed E-state index contributed by atoms with van der Waals surface area (Å²) >= 11 is 0. The van der Waals surface area contributed by atoms with Crippen LogP contribution in [0.15, 0.2) is 24.5 Å². The third kappa shape index (κ3) is 8.97. The largest absolute Gasteiger partial charge is 0.474 e. The van der Waals surface area contributed by atoms with Gasteiger partial charge in [0, 0.05) is 42.1 Å². The predicted molar refractivity (Wildman–Crippen MR) is 175 cm³/mol. The first-order valence-electron chi connectivity index (χ1n) is 15.3. The van der Waals surface area contributed by atoms with Crippen molar-refractivity contribution in [3.63, 3.8) is 0 Å². The van der Waals surface area contributed by atoms with Gasteiger partial charge in [-0.3, -0.25) is 15.5 Å². The Morgan fingerprint density at radius 1 is 1.00 bits per heavy atom. The van der Waals surface area contributed by atoms with Crippen LogP contribution in [0.3, 0.4) is 0 Å². The van der Waals surface area contributed by atoms with Crippen LogP contribution < -0.4 is 20.3 Å². The third-order valence-electron chi connectivity index (χ3n) is 6.98. The van der Waals surface area contributed by atoms with E-state index >= 15 is 4.39 Å². The molecular formula is C33H42FN5O8. The number of nitrogens with one attached hydrogen (secondary N) is 2. The highest BCUT2D eigenvalue weighted by Crippen LogP contribution is 2.42. The van der Waals surface area contributed by atoms with Gasteiger partial charge >= 0.3 is 18.3 Å². The Balaban J connectivity index is 0.000000748. The molecule has 14 heteroatoms. The number of carbonyl (C=O) groups excluding carboxylic acids is 2. The van der Waals surface area contributed by atoms with Gasteiger partial charge in [0.2, 0.25) is 5.88 Å². The first kappa shape index (κ1) is 35.1. The number of benzene rings is 1. The lowest BCUT2D eigenvalue weighted by Crippen LogP contribution is -2.42. The molecule has 47 heavy (non-hydrogen) atoms. The molecule has 13 nitrogen and oxygen atoms in total. The maximum absolute atomic E-state index is 16.3. The van der Waals surface area contributed by atoms with Crippen molar-refractivity contribution in [1.29, 1.82) is 0 Å². The number of hydrogen-bond donors (Lipinski definition) is 3. The van der Waals surface area contributed by atoms with E-state index in [2.05, 4.69) is 27.5 Å². The average molecular weight is 656 g/mol. The second-order valence-electron chi connectivity index (χ2n) is 13.4. The summed E-state index contributed by atoms with van der Waals surface area (Å²) in [6, 6.07) is 2.89. The minimum absolute atomic E-state index is 0.00411. The van der Waals surface area contributed by atoms with Crippen molar-refractivity contribution in [3.8, 4) is 17.0 Å². The third-order valence-corrected chi connectivity index (χ3v) is 6.98. The summed E-state index contributed by atoms with van der Waals surface area (Å²) in [6.07, 6.45) is 1.09. The van der Waals surface area contributed by atoms with Crippen molar-refractivity contribution in [2.75, 3.05) is 41.9 Å². The first-order valence-corrected chi connectivity index (χ1v) is 15.3. The molecule has 0 bridgehead atoms. The molecule has 2 aliphatic rings. The Labute approximate surface area is 272 Å². The van der Waals surface area contributed by atoms with Crippen LogP contribution in [0.4, 0.5) is 36.0 Å². The monoisotopic (exact) mass is 655 g/mol. The van der Waals surface area contributed by atoms with Gasteiger partial charge in [0.25, 0.3) is 0 Å². The van der Waals surface area contributed by atoms with E-state index in [4.69, 9.17) is 24.1 Å². The van der Waals surface area contributed by atoms with Crippen LogP contribution in [0.25, 0.3) is 21.9 Å². The Bertz CT molecular complexity index is 1660. The topological polar surface area (TPSA) is 161 Å². The lowest BCUT2D eigenvalue weighted by molar-refractivity contribution is 0.0564. The zero-order chi connectivity index (χ0) is 34.7. The number of aromatic nitrogens is 2. The van der Waals surface area contributed by atoms with E-state index < -0.39 is 35.3 Å². The van der Waals surface area contributed by atoms with E-state index in [0.29, 0.717) is 22.2 Å². The number of carboxylic acid groups (broad SMARTS) is 1. The molecule has 1 unspecified atom stereocenters. The first-order chi connectivity index (χ1) is 21.9. The van der Waals surface area contributed by atoms with Crippen LogP contribution >= 0.6 is 0 Å². The molecule has 1 fully saturated rings. The Morgan fingerprint density at radius 2 is 1.70 bits per heavy atom. The van der Waals surface area contributed by atoms with Crippen LogP contribution in [0.2, 0.25) is 0 Å². The number of halogens is 1. The van der Waals surface area contributed by atoms with E-state index in [0.717, 1.165) is 19.1 Å². The zero-order valence-electron chi connectivity index (χ0n) is 27.9. The molecule has 5 rings (SSSR count). The summed E-state index contributed by atoms with van der Waals surface area (Å²) in [5, 5.41) is 14.3. The molecule has 1 saturated heterocycles. The number of anilines is 3. The fourth-order valence-electron chi connectivity index (χ4n) is 4.93. The van der Waals surface area contributed by atoms with Crippen molar-refractivity contribution in [2.45, 2.75) is 73.0 Å². The van der Waals surface area contributed by atoms with Crippen molar-refractivity contribution < 1.29 is 42.8 Å². The lowest BCUT2D eigenvalue weighted by Gasteiger charge is -2.32. The number of fused-ring (bicyclic) bond motifs is 2. The highest BCUT2D eigenvalue weighted by molar-refractivity contribution is 6.04. The van der Waals surface area contributed by atoms with Crippen molar-refractivity contribution in [1.82, 2.24) is 9.97 Å². The van der Waals surface area contributed by atoms with E-state index in [9.17, 15) is 14.4 Å². The number of pyridine rings is 2. The molecule has 3 N–H and O–H groups in total. The van der Waals surface area contributed by atoms with Gasteiger partial charge in [0.1, 0.15) is 29.3 Å². The van der Waals surface area contributed by atoms with Crippen LogP contribution in [0, 0.1) is 18.7 Å². The second-order valence-corrected chi connectivity index (χ2v) is 13.4. The summed E-state index contributed by atoms with van der Waals surface area (Å²) < 4.78 is 38.0. The number of amides is 3. The van der Waals surface area contributed by atoms with Crippen LogP contribution in [0.1, 0.15) is 60.5 Å². The van der Waals surface area contributed by atoms with E-state index in [1.54, 1.807) is 48.5 Å². The minimum Gasteiger partial charge on any atom is -0.474 e. The zero-order valence-corrected chi connectivity index (χ0v) is 27.9. The summed E-state index contributed by atoms with van der Waals surface area (Å²) in [5.74, 6) is 0.198. The fourth-order valence-corrected chi connectivity index (χ4v) is 4.93. The van der Waals surface area contributed by atoms with Crippen molar-refractivity contribution in [2.24, 2.45) is 5.92 Å². The smallest absolute Gasteiger partial charge is 0.415 e. The Kier molecular flexibility index (Phi) is 10.4. The fraction of sp³-hybridized carbons (Fsp3) is 0.485. The van der Waals surface area contributed by atoms with E-state index in [1.807, 2.05) is 0 Å². The number of rotatable bonds is 3. The normalized spacial score (nSPS) is 15.9. The number of hydrogen-bond acceptors (Lipinski definition) is 9. The second kappa shape index (κ2) is 14.0. The van der Waals surface area contributed by atoms with Gasteiger partial charge in [0.15, 0.2) is 5.82 Å². The molecule has 1 atom stereocenters. The summed E-state index contributed by atoms with van der Waals surface area (Å²) in [4.78, 5) is 46.7. The summed E-state index contributed by atoms with van der Waals surface area (Å²) in [5.41, 5.74) is -0.700. The molecule has 4 heterocycles. The van der Waals surface area contributed by atoms with Gasteiger partial charge in [-0.25, -0.2) is 28.7 Å². The van der Waals surface area contributed by atoms with Crippen LogP contribution in [-0.2, 0) is 14.2 Å². The maximum atomic E-state index is 16.3. The molecule has 254 valence electrons. The number of carbonyl (C=O) groups is 3. The molecule has 0 radical (unpaired) electrons. The molecule has 2 aromatic heterocycles. The van der Waals surface area contributed by atoms with Gasteiger partial charge in [0.05, 0.1) is 12.2 Å². The molecule has 2 aliphatic heterocycles. The molecular weight excluding hydrogens is 613 g/mol. The molecule has 3 amide bonds. The Morgan fingerprint density at radius 3 is 2.28 bits per heavy atom. The predicted octanol–water partition coefficient (Wildman–Crippen LogP) is 7.36. The number of nitrogens with zero attached hydrogens (tertiary/aromatic N) is 3.